The summed E-state index contributed by atoms with van der Waals surface area (Å²) in [4.78, 5) is 31.4. The highest BCUT2D eigenvalue weighted by Gasteiger charge is 2.40. The van der Waals surface area contributed by atoms with Gasteiger partial charge in [-0.05, 0) is 5.56 Å². The van der Waals surface area contributed by atoms with Gasteiger partial charge in [0.15, 0.2) is 0 Å². The molecule has 2 unspecified atom stereocenters. The minimum atomic E-state index is -1.97. The van der Waals surface area contributed by atoms with E-state index in [-0.39, 0.29) is 0 Å². The molecular formula is C11H11NO6. The lowest BCUT2D eigenvalue weighted by molar-refractivity contribution is -0.514. The van der Waals surface area contributed by atoms with E-state index >= 15 is 0 Å². The van der Waals surface area contributed by atoms with Crippen LogP contribution >= 0.6 is 0 Å². The third-order valence-corrected chi connectivity index (χ3v) is 2.48. The van der Waals surface area contributed by atoms with Crippen LogP contribution in [0.5, 0.6) is 0 Å². The molecule has 18 heavy (non-hydrogen) atoms. The summed E-state index contributed by atoms with van der Waals surface area (Å²) < 4.78 is 0. The van der Waals surface area contributed by atoms with Gasteiger partial charge in [-0.3, -0.25) is 14.9 Å². The normalized spacial score (nSPS) is 13.6. The summed E-state index contributed by atoms with van der Waals surface area (Å²) in [6.07, 6.45) is -0.609. The van der Waals surface area contributed by atoms with Gasteiger partial charge in [0, 0.05) is 4.92 Å². The fourth-order valence-electron chi connectivity index (χ4n) is 1.71. The molecule has 0 aromatic heterocycles. The van der Waals surface area contributed by atoms with E-state index in [9.17, 15) is 19.7 Å². The van der Waals surface area contributed by atoms with Crippen LogP contribution in [0.15, 0.2) is 30.3 Å². The van der Waals surface area contributed by atoms with Crippen molar-refractivity contribution in [1.82, 2.24) is 0 Å². The molecule has 0 aliphatic carbocycles. The lowest BCUT2D eigenvalue weighted by Crippen LogP contribution is -2.36. The second kappa shape index (κ2) is 5.76. The summed E-state index contributed by atoms with van der Waals surface area (Å²) in [5.74, 6) is -4.12. The van der Waals surface area contributed by atoms with Crippen molar-refractivity contribution in [1.29, 1.82) is 0 Å². The van der Waals surface area contributed by atoms with E-state index < -0.39 is 35.2 Å². The van der Waals surface area contributed by atoms with Crippen LogP contribution < -0.4 is 0 Å². The molecule has 0 aliphatic rings. The van der Waals surface area contributed by atoms with Crippen molar-refractivity contribution >= 4 is 11.9 Å². The molecule has 0 saturated carbocycles. The zero-order chi connectivity index (χ0) is 13.7. The lowest BCUT2D eigenvalue weighted by Gasteiger charge is -2.16. The summed E-state index contributed by atoms with van der Waals surface area (Å²) >= 11 is 0. The van der Waals surface area contributed by atoms with Gasteiger partial charge in [0.1, 0.15) is 0 Å². The Bertz CT molecular complexity index is 444. The molecule has 7 nitrogen and oxygen atoms in total. The van der Waals surface area contributed by atoms with Crippen LogP contribution in [0.2, 0.25) is 0 Å². The van der Waals surface area contributed by atoms with Crippen molar-refractivity contribution in [2.24, 2.45) is 0 Å². The number of hydrogen-bond acceptors (Lipinski definition) is 4. The van der Waals surface area contributed by atoms with Gasteiger partial charge in [-0.25, -0.2) is 4.79 Å². The molecule has 0 amide bonds. The third kappa shape index (κ3) is 3.27. The molecule has 0 aliphatic heterocycles. The first-order chi connectivity index (χ1) is 8.43. The molecule has 0 heterocycles. The molecule has 1 rings (SSSR count). The van der Waals surface area contributed by atoms with Crippen LogP contribution in [-0.4, -0.2) is 33.1 Å². The monoisotopic (exact) mass is 253 g/mol. The standard InChI is InChI=1S/C11H11NO6/c13-9(14)6-8(7-4-2-1-3-5-7)10(11(15)16)12(17)18/h1-5,8,10H,6H2,(H,13,14)(H,15,16). The quantitative estimate of drug-likeness (QED) is 0.576. The first-order valence-electron chi connectivity index (χ1n) is 5.06. The van der Waals surface area contributed by atoms with Crippen LogP contribution in [0.1, 0.15) is 17.9 Å². The highest BCUT2D eigenvalue weighted by molar-refractivity contribution is 5.76. The molecule has 2 N–H and O–H groups in total. The van der Waals surface area contributed by atoms with Gasteiger partial charge in [0.05, 0.1) is 12.3 Å². The molecule has 0 fully saturated rings. The first kappa shape index (κ1) is 13.6. The van der Waals surface area contributed by atoms with Crippen molar-refractivity contribution in [2.75, 3.05) is 0 Å². The number of carboxylic acids is 2. The highest BCUT2D eigenvalue weighted by Crippen LogP contribution is 2.25. The van der Waals surface area contributed by atoms with Crippen molar-refractivity contribution in [3.05, 3.63) is 46.0 Å². The summed E-state index contributed by atoms with van der Waals surface area (Å²) in [6.45, 7) is 0. The van der Waals surface area contributed by atoms with Gasteiger partial charge >= 0.3 is 18.0 Å². The molecular weight excluding hydrogens is 242 g/mol. The van der Waals surface area contributed by atoms with Crippen molar-refractivity contribution in [3.63, 3.8) is 0 Å². The van der Waals surface area contributed by atoms with Crippen LogP contribution in [0.25, 0.3) is 0 Å². The zero-order valence-corrected chi connectivity index (χ0v) is 9.22. The van der Waals surface area contributed by atoms with E-state index in [2.05, 4.69) is 0 Å². The topological polar surface area (TPSA) is 118 Å². The Hall–Kier alpha value is -2.44. The van der Waals surface area contributed by atoms with Crippen molar-refractivity contribution in [3.8, 4) is 0 Å². The fourth-order valence-corrected chi connectivity index (χ4v) is 1.71. The Labute approximate surface area is 102 Å². The summed E-state index contributed by atoms with van der Waals surface area (Å²) in [5, 5.41) is 28.4. The van der Waals surface area contributed by atoms with Gasteiger partial charge in [-0.1, -0.05) is 30.3 Å². The molecule has 0 bridgehead atoms. The van der Waals surface area contributed by atoms with E-state index in [0.29, 0.717) is 5.56 Å². The van der Waals surface area contributed by atoms with Crippen LogP contribution in [0, 0.1) is 10.1 Å². The Balaban J connectivity index is 3.15. The molecule has 1 aromatic rings. The van der Waals surface area contributed by atoms with E-state index in [0.717, 1.165) is 0 Å². The predicted octanol–water partition coefficient (Wildman–Crippen LogP) is 0.975. The molecule has 96 valence electrons. The van der Waals surface area contributed by atoms with Crippen LogP contribution in [-0.2, 0) is 9.59 Å². The summed E-state index contributed by atoms with van der Waals surface area (Å²) in [6, 6.07) is 5.79. The Morgan fingerprint density at radius 1 is 1.22 bits per heavy atom. The molecule has 0 saturated heterocycles. The second-order valence-corrected chi connectivity index (χ2v) is 3.68. The zero-order valence-electron chi connectivity index (χ0n) is 9.22. The van der Waals surface area contributed by atoms with Gasteiger partial charge in [-0.2, -0.15) is 0 Å². The van der Waals surface area contributed by atoms with Gasteiger partial charge < -0.3 is 10.2 Å². The Morgan fingerprint density at radius 3 is 2.17 bits per heavy atom. The van der Waals surface area contributed by atoms with Crippen LogP contribution in [0.4, 0.5) is 0 Å². The number of nitrogens with zero attached hydrogens (tertiary/aromatic N) is 1. The molecule has 0 spiro atoms. The van der Waals surface area contributed by atoms with Gasteiger partial charge in [0.2, 0.25) is 0 Å². The smallest absolute Gasteiger partial charge is 0.379 e. The average Bonchev–Trinajstić information content (AvgIpc) is 2.27. The van der Waals surface area contributed by atoms with Crippen LogP contribution in [0.3, 0.4) is 0 Å². The maximum Gasteiger partial charge on any atom is 0.379 e. The second-order valence-electron chi connectivity index (χ2n) is 3.68. The maximum atomic E-state index is 10.9. The molecule has 7 heteroatoms. The SMILES string of the molecule is O=C(O)CC(c1ccccc1)C(C(=O)O)[N+](=O)[O-]. The van der Waals surface area contributed by atoms with E-state index in [1.165, 1.54) is 12.1 Å². The minimum Gasteiger partial charge on any atom is -0.481 e. The number of rotatable bonds is 6. The van der Waals surface area contributed by atoms with E-state index in [1.807, 2.05) is 0 Å². The lowest BCUT2D eigenvalue weighted by atomic mass is 9.89. The molecule has 1 aromatic carbocycles. The van der Waals surface area contributed by atoms with Gasteiger partial charge in [0.25, 0.3) is 0 Å². The number of aliphatic carboxylic acids is 2. The van der Waals surface area contributed by atoms with Crippen molar-refractivity contribution in [2.45, 2.75) is 18.4 Å². The molecule has 2 atom stereocenters. The summed E-state index contributed by atoms with van der Waals surface area (Å²) in [5.41, 5.74) is 0.323. The Kier molecular flexibility index (Phi) is 4.36. The number of carboxylic acid groups (broad SMARTS) is 2. The Morgan fingerprint density at radius 2 is 1.78 bits per heavy atom. The maximum absolute atomic E-state index is 10.9. The van der Waals surface area contributed by atoms with Gasteiger partial charge in [-0.15, -0.1) is 0 Å². The predicted molar refractivity (Wildman–Crippen MR) is 59.9 cm³/mol. The summed E-state index contributed by atoms with van der Waals surface area (Å²) in [7, 11) is 0. The third-order valence-electron chi connectivity index (χ3n) is 2.48. The number of nitro groups is 1. The largest absolute Gasteiger partial charge is 0.481 e. The first-order valence-corrected chi connectivity index (χ1v) is 5.06. The highest BCUT2D eigenvalue weighted by atomic mass is 16.6. The van der Waals surface area contributed by atoms with Crippen molar-refractivity contribution < 1.29 is 24.7 Å². The number of carbonyl (C=O) groups is 2. The van der Waals surface area contributed by atoms with E-state index in [4.69, 9.17) is 10.2 Å². The number of benzene rings is 1. The fraction of sp³-hybridized carbons (Fsp3) is 0.273. The average molecular weight is 253 g/mol. The molecule has 0 radical (unpaired) electrons. The van der Waals surface area contributed by atoms with E-state index in [1.54, 1.807) is 18.2 Å². The number of hydrogen-bond donors (Lipinski definition) is 2. The minimum absolute atomic E-state index is 0.323.